The Balaban J connectivity index is 1.57. The van der Waals surface area contributed by atoms with Crippen LogP contribution in [0.3, 0.4) is 0 Å². The van der Waals surface area contributed by atoms with E-state index in [9.17, 15) is 0 Å². The van der Waals surface area contributed by atoms with E-state index in [4.69, 9.17) is 0 Å². The number of hydrogen-bond acceptors (Lipinski definition) is 0. The molecule has 0 aliphatic carbocycles. The Hall–Kier alpha value is -3.64. The summed E-state index contributed by atoms with van der Waals surface area (Å²) < 4.78 is 0. The first kappa shape index (κ1) is 15.4. The standard InChI is InChI=1S/C28H18/c1-2-6-20-15-23(10-9-19(20)5-1)24-13-14-27-25(17-24)11-12-26-16-21-7-3-4-8-22(21)18-28(26)27/h1-18H. The molecule has 0 saturated heterocycles. The summed E-state index contributed by atoms with van der Waals surface area (Å²) in [5.74, 6) is 0. The fourth-order valence-corrected chi connectivity index (χ4v) is 4.30. The van der Waals surface area contributed by atoms with Crippen LogP contribution < -0.4 is 0 Å². The summed E-state index contributed by atoms with van der Waals surface area (Å²) in [6, 6.07) is 39.8. The molecule has 6 aromatic carbocycles. The summed E-state index contributed by atoms with van der Waals surface area (Å²) in [7, 11) is 0. The smallest absolute Gasteiger partial charge is 0.00990 e. The van der Waals surface area contributed by atoms with Crippen LogP contribution in [0.2, 0.25) is 0 Å². The lowest BCUT2D eigenvalue weighted by Gasteiger charge is -2.09. The van der Waals surface area contributed by atoms with Gasteiger partial charge in [-0.3, -0.25) is 0 Å². The molecule has 0 heteroatoms. The van der Waals surface area contributed by atoms with Crippen molar-refractivity contribution in [3.8, 4) is 11.1 Å². The maximum atomic E-state index is 2.32. The largest absolute Gasteiger partial charge is 0.0616 e. The Bertz CT molecular complexity index is 1510. The average molecular weight is 354 g/mol. The molecule has 0 amide bonds. The Labute approximate surface area is 163 Å². The molecular formula is C28H18. The van der Waals surface area contributed by atoms with E-state index in [1.54, 1.807) is 0 Å². The van der Waals surface area contributed by atoms with Crippen molar-refractivity contribution < 1.29 is 0 Å². The molecule has 0 radical (unpaired) electrons. The molecule has 0 heterocycles. The lowest BCUT2D eigenvalue weighted by molar-refractivity contribution is 1.68. The second-order valence-electron chi connectivity index (χ2n) is 7.48. The molecule has 0 unspecified atom stereocenters. The summed E-state index contributed by atoms with van der Waals surface area (Å²) in [5, 5.41) is 10.4. The Morgan fingerprint density at radius 3 is 1.54 bits per heavy atom. The number of benzene rings is 6. The highest BCUT2D eigenvalue weighted by atomic mass is 14.1. The first-order valence-corrected chi connectivity index (χ1v) is 9.70. The zero-order valence-corrected chi connectivity index (χ0v) is 15.4. The van der Waals surface area contributed by atoms with Gasteiger partial charge in [-0.1, -0.05) is 84.9 Å². The molecule has 0 aliphatic heterocycles. The van der Waals surface area contributed by atoms with E-state index >= 15 is 0 Å². The highest BCUT2D eigenvalue weighted by Gasteiger charge is 2.06. The summed E-state index contributed by atoms with van der Waals surface area (Å²) in [6.07, 6.45) is 0. The van der Waals surface area contributed by atoms with Crippen LogP contribution >= 0.6 is 0 Å². The summed E-state index contributed by atoms with van der Waals surface area (Å²) in [6.45, 7) is 0. The van der Waals surface area contributed by atoms with Crippen LogP contribution in [0.25, 0.3) is 54.2 Å². The normalized spacial score (nSPS) is 11.6. The first-order valence-electron chi connectivity index (χ1n) is 9.70. The highest BCUT2D eigenvalue weighted by Crippen LogP contribution is 2.33. The maximum absolute atomic E-state index is 2.32. The van der Waals surface area contributed by atoms with Crippen LogP contribution in [0.5, 0.6) is 0 Å². The summed E-state index contributed by atoms with van der Waals surface area (Å²) >= 11 is 0. The predicted octanol–water partition coefficient (Wildman–Crippen LogP) is 7.97. The molecule has 6 rings (SSSR count). The quantitative estimate of drug-likeness (QED) is 0.207. The van der Waals surface area contributed by atoms with Gasteiger partial charge < -0.3 is 0 Å². The maximum Gasteiger partial charge on any atom is -0.00990 e. The van der Waals surface area contributed by atoms with Gasteiger partial charge in [-0.15, -0.1) is 0 Å². The number of fused-ring (bicyclic) bond motifs is 5. The summed E-state index contributed by atoms with van der Waals surface area (Å²) in [5.41, 5.74) is 2.53. The molecule has 0 atom stereocenters. The van der Waals surface area contributed by atoms with E-state index < -0.39 is 0 Å². The molecule has 6 aromatic rings. The molecule has 0 nitrogen and oxygen atoms in total. The lowest BCUT2D eigenvalue weighted by atomic mass is 9.95. The zero-order valence-electron chi connectivity index (χ0n) is 15.4. The molecule has 0 fully saturated rings. The SMILES string of the molecule is c1ccc2cc(-c3ccc4c(ccc5cc6ccccc6cc54)c3)ccc2c1. The molecule has 0 bridgehead atoms. The van der Waals surface area contributed by atoms with Crippen molar-refractivity contribution in [2.45, 2.75) is 0 Å². The van der Waals surface area contributed by atoms with E-state index in [-0.39, 0.29) is 0 Å². The molecule has 0 N–H and O–H groups in total. The van der Waals surface area contributed by atoms with Crippen molar-refractivity contribution in [3.63, 3.8) is 0 Å². The molecule has 130 valence electrons. The van der Waals surface area contributed by atoms with Crippen LogP contribution in [-0.4, -0.2) is 0 Å². The van der Waals surface area contributed by atoms with Crippen LogP contribution in [0.15, 0.2) is 109 Å². The van der Waals surface area contributed by atoms with Crippen molar-refractivity contribution in [1.29, 1.82) is 0 Å². The minimum atomic E-state index is 1.26. The zero-order chi connectivity index (χ0) is 18.5. The third-order valence-electron chi connectivity index (χ3n) is 5.78. The fourth-order valence-electron chi connectivity index (χ4n) is 4.30. The third-order valence-corrected chi connectivity index (χ3v) is 5.78. The van der Waals surface area contributed by atoms with Crippen molar-refractivity contribution in [2.75, 3.05) is 0 Å². The van der Waals surface area contributed by atoms with Crippen molar-refractivity contribution >= 4 is 43.1 Å². The second-order valence-corrected chi connectivity index (χ2v) is 7.48. The van der Waals surface area contributed by atoms with Gasteiger partial charge in [0.2, 0.25) is 0 Å². The predicted molar refractivity (Wildman–Crippen MR) is 122 cm³/mol. The van der Waals surface area contributed by atoms with Crippen molar-refractivity contribution in [1.82, 2.24) is 0 Å². The van der Waals surface area contributed by atoms with E-state index in [0.717, 1.165) is 0 Å². The van der Waals surface area contributed by atoms with Gasteiger partial charge in [0, 0.05) is 0 Å². The molecule has 0 aliphatic rings. The Morgan fingerprint density at radius 2 is 0.786 bits per heavy atom. The van der Waals surface area contributed by atoms with E-state index in [1.165, 1.54) is 54.2 Å². The van der Waals surface area contributed by atoms with Crippen molar-refractivity contribution in [3.05, 3.63) is 109 Å². The monoisotopic (exact) mass is 354 g/mol. The minimum Gasteiger partial charge on any atom is -0.0616 e. The van der Waals surface area contributed by atoms with Crippen LogP contribution in [0, 0.1) is 0 Å². The van der Waals surface area contributed by atoms with Crippen LogP contribution in [0.1, 0.15) is 0 Å². The van der Waals surface area contributed by atoms with E-state index in [0.29, 0.717) is 0 Å². The van der Waals surface area contributed by atoms with Gasteiger partial charge in [-0.05, 0) is 78.5 Å². The van der Waals surface area contributed by atoms with Gasteiger partial charge in [0.1, 0.15) is 0 Å². The number of hydrogen-bond donors (Lipinski definition) is 0. The Morgan fingerprint density at radius 1 is 0.286 bits per heavy atom. The average Bonchev–Trinajstić information content (AvgIpc) is 2.77. The molecule has 0 spiro atoms. The highest BCUT2D eigenvalue weighted by molar-refractivity contribution is 6.12. The van der Waals surface area contributed by atoms with Crippen LogP contribution in [-0.2, 0) is 0 Å². The van der Waals surface area contributed by atoms with Gasteiger partial charge in [0.25, 0.3) is 0 Å². The van der Waals surface area contributed by atoms with Crippen molar-refractivity contribution in [2.24, 2.45) is 0 Å². The van der Waals surface area contributed by atoms with E-state index in [1.807, 2.05) is 0 Å². The molecule has 0 saturated carbocycles. The Kier molecular flexibility index (Phi) is 3.27. The minimum absolute atomic E-state index is 1.26. The van der Waals surface area contributed by atoms with Gasteiger partial charge in [0.05, 0.1) is 0 Å². The third kappa shape index (κ3) is 2.39. The van der Waals surface area contributed by atoms with Gasteiger partial charge in [-0.2, -0.15) is 0 Å². The number of rotatable bonds is 1. The van der Waals surface area contributed by atoms with Crippen LogP contribution in [0.4, 0.5) is 0 Å². The lowest BCUT2D eigenvalue weighted by Crippen LogP contribution is -1.83. The molecule has 0 aromatic heterocycles. The van der Waals surface area contributed by atoms with Gasteiger partial charge in [0.15, 0.2) is 0 Å². The summed E-state index contributed by atoms with van der Waals surface area (Å²) in [4.78, 5) is 0. The van der Waals surface area contributed by atoms with E-state index in [2.05, 4.69) is 109 Å². The fraction of sp³-hybridized carbons (Fsp3) is 0. The first-order chi connectivity index (χ1) is 13.8. The van der Waals surface area contributed by atoms with Gasteiger partial charge in [-0.25, -0.2) is 0 Å². The van der Waals surface area contributed by atoms with Gasteiger partial charge >= 0.3 is 0 Å². The molecule has 28 heavy (non-hydrogen) atoms. The second kappa shape index (κ2) is 5.94. The molecular weight excluding hydrogens is 336 g/mol. The topological polar surface area (TPSA) is 0 Å².